The Labute approximate surface area is 80.2 Å². The Hall–Kier alpha value is -0.590. The monoisotopic (exact) mass is 178 g/mol. The normalized spacial score (nSPS) is 34.8. The summed E-state index contributed by atoms with van der Waals surface area (Å²) in [5.74, 6) is 1.83. The van der Waals surface area contributed by atoms with Crippen molar-refractivity contribution in [3.63, 3.8) is 0 Å². The number of allylic oxidation sites excluding steroid dienone is 2. The van der Waals surface area contributed by atoms with Crippen LogP contribution >= 0.6 is 0 Å². The van der Waals surface area contributed by atoms with E-state index in [1.807, 2.05) is 0 Å². The summed E-state index contributed by atoms with van der Waals surface area (Å²) in [5.41, 5.74) is 3.14. The fourth-order valence-electron chi connectivity index (χ4n) is 2.80. The minimum atomic E-state index is 0.480. The number of Topliss-reactive ketones (excluding diaryl/α,β-unsaturated/α-hetero) is 1. The van der Waals surface area contributed by atoms with E-state index in [4.69, 9.17) is 0 Å². The Morgan fingerprint density at radius 1 is 1.23 bits per heavy atom. The van der Waals surface area contributed by atoms with Gasteiger partial charge in [0.25, 0.3) is 0 Å². The van der Waals surface area contributed by atoms with Crippen LogP contribution in [0, 0.1) is 11.8 Å². The Bertz CT molecular complexity index is 262. The maximum Gasteiger partial charge on any atom is 0.133 e. The molecule has 2 rings (SSSR count). The fourth-order valence-corrected chi connectivity index (χ4v) is 2.80. The first-order chi connectivity index (χ1) is 6.18. The van der Waals surface area contributed by atoms with Crippen molar-refractivity contribution in [3.05, 3.63) is 11.1 Å². The van der Waals surface area contributed by atoms with Crippen LogP contribution in [0.5, 0.6) is 0 Å². The second-order valence-corrected chi connectivity index (χ2v) is 4.67. The highest BCUT2D eigenvalue weighted by Crippen LogP contribution is 2.42. The van der Waals surface area contributed by atoms with Gasteiger partial charge >= 0.3 is 0 Å². The van der Waals surface area contributed by atoms with Crippen molar-refractivity contribution >= 4 is 5.78 Å². The van der Waals surface area contributed by atoms with Crippen LogP contribution in [0.25, 0.3) is 0 Å². The van der Waals surface area contributed by atoms with Crippen LogP contribution in [-0.2, 0) is 4.79 Å². The number of carbonyl (C=O) groups excluding carboxylic acids is 1. The zero-order valence-corrected chi connectivity index (χ0v) is 8.60. The topological polar surface area (TPSA) is 17.1 Å². The number of hydrogen-bond donors (Lipinski definition) is 0. The SMILES string of the molecule is CC1=C2CC[C@H](C)[C@H]2CC(=O)CC1. The third kappa shape index (κ3) is 1.56. The fraction of sp³-hybridized carbons (Fsp3) is 0.750. The maximum atomic E-state index is 11.5. The van der Waals surface area contributed by atoms with E-state index in [2.05, 4.69) is 13.8 Å². The van der Waals surface area contributed by atoms with Crippen molar-refractivity contribution < 1.29 is 4.79 Å². The molecule has 1 saturated carbocycles. The van der Waals surface area contributed by atoms with Crippen molar-refractivity contribution in [3.8, 4) is 0 Å². The summed E-state index contributed by atoms with van der Waals surface area (Å²) in [6.07, 6.45) is 5.19. The van der Waals surface area contributed by atoms with Gasteiger partial charge in [0, 0.05) is 12.8 Å². The van der Waals surface area contributed by atoms with Crippen molar-refractivity contribution in [1.29, 1.82) is 0 Å². The van der Waals surface area contributed by atoms with Crippen molar-refractivity contribution in [2.75, 3.05) is 0 Å². The van der Waals surface area contributed by atoms with E-state index in [-0.39, 0.29) is 0 Å². The average Bonchev–Trinajstić information content (AvgIpc) is 2.37. The molecule has 0 heterocycles. The number of hydrogen-bond acceptors (Lipinski definition) is 1. The molecule has 0 unspecified atom stereocenters. The third-order valence-electron chi connectivity index (χ3n) is 3.78. The Morgan fingerprint density at radius 2 is 2.00 bits per heavy atom. The molecule has 0 N–H and O–H groups in total. The molecule has 0 amide bonds. The van der Waals surface area contributed by atoms with Gasteiger partial charge in [-0.3, -0.25) is 4.79 Å². The maximum absolute atomic E-state index is 11.5. The highest BCUT2D eigenvalue weighted by Gasteiger charge is 2.32. The summed E-state index contributed by atoms with van der Waals surface area (Å²) in [6.45, 7) is 4.52. The van der Waals surface area contributed by atoms with Crippen LogP contribution in [0.15, 0.2) is 11.1 Å². The van der Waals surface area contributed by atoms with E-state index in [1.165, 1.54) is 18.4 Å². The van der Waals surface area contributed by atoms with Gasteiger partial charge in [-0.05, 0) is 38.0 Å². The van der Waals surface area contributed by atoms with Crippen molar-refractivity contribution in [1.82, 2.24) is 0 Å². The van der Waals surface area contributed by atoms with E-state index in [0.29, 0.717) is 11.7 Å². The summed E-state index contributed by atoms with van der Waals surface area (Å²) in [7, 11) is 0. The van der Waals surface area contributed by atoms with Crippen LogP contribution in [-0.4, -0.2) is 5.78 Å². The molecule has 1 nitrogen and oxygen atoms in total. The summed E-state index contributed by atoms with van der Waals surface area (Å²) < 4.78 is 0. The average molecular weight is 178 g/mol. The minimum Gasteiger partial charge on any atom is -0.300 e. The van der Waals surface area contributed by atoms with Crippen LogP contribution in [0.2, 0.25) is 0 Å². The van der Waals surface area contributed by atoms with Crippen LogP contribution < -0.4 is 0 Å². The second-order valence-electron chi connectivity index (χ2n) is 4.67. The van der Waals surface area contributed by atoms with Crippen molar-refractivity contribution in [2.45, 2.75) is 46.0 Å². The zero-order valence-electron chi connectivity index (χ0n) is 8.60. The summed E-state index contributed by atoms with van der Waals surface area (Å²) >= 11 is 0. The third-order valence-corrected chi connectivity index (χ3v) is 3.78. The first kappa shape index (κ1) is 8.98. The second kappa shape index (κ2) is 3.28. The van der Waals surface area contributed by atoms with Gasteiger partial charge in [-0.15, -0.1) is 0 Å². The van der Waals surface area contributed by atoms with E-state index in [0.717, 1.165) is 25.2 Å². The molecule has 0 saturated heterocycles. The number of fused-ring (bicyclic) bond motifs is 1. The van der Waals surface area contributed by atoms with Crippen LogP contribution in [0.3, 0.4) is 0 Å². The predicted molar refractivity (Wildman–Crippen MR) is 53.4 cm³/mol. The molecule has 0 bridgehead atoms. The molecule has 0 aromatic heterocycles. The quantitative estimate of drug-likeness (QED) is 0.521. The Kier molecular flexibility index (Phi) is 2.27. The largest absolute Gasteiger partial charge is 0.300 e. The number of rotatable bonds is 0. The highest BCUT2D eigenvalue weighted by atomic mass is 16.1. The molecule has 0 aliphatic heterocycles. The van der Waals surface area contributed by atoms with E-state index >= 15 is 0 Å². The molecule has 0 aromatic rings. The molecule has 1 heteroatoms. The molecule has 0 spiro atoms. The first-order valence-corrected chi connectivity index (χ1v) is 5.38. The van der Waals surface area contributed by atoms with Gasteiger partial charge in [0.15, 0.2) is 0 Å². The Morgan fingerprint density at radius 3 is 2.77 bits per heavy atom. The van der Waals surface area contributed by atoms with Gasteiger partial charge in [-0.2, -0.15) is 0 Å². The first-order valence-electron chi connectivity index (χ1n) is 5.38. The minimum absolute atomic E-state index is 0.480. The molecule has 72 valence electrons. The van der Waals surface area contributed by atoms with Crippen LogP contribution in [0.4, 0.5) is 0 Å². The van der Waals surface area contributed by atoms with Gasteiger partial charge < -0.3 is 0 Å². The molecule has 2 atom stereocenters. The van der Waals surface area contributed by atoms with E-state index in [9.17, 15) is 4.79 Å². The van der Waals surface area contributed by atoms with E-state index in [1.54, 1.807) is 5.57 Å². The molecular formula is C12H18O. The molecule has 13 heavy (non-hydrogen) atoms. The summed E-state index contributed by atoms with van der Waals surface area (Å²) in [5, 5.41) is 0. The zero-order chi connectivity index (χ0) is 9.42. The molecule has 0 aromatic carbocycles. The summed E-state index contributed by atoms with van der Waals surface area (Å²) in [6, 6.07) is 0. The number of ketones is 1. The lowest BCUT2D eigenvalue weighted by atomic mass is 9.90. The van der Waals surface area contributed by atoms with Crippen molar-refractivity contribution in [2.24, 2.45) is 11.8 Å². The Balaban J connectivity index is 2.28. The molecule has 2 aliphatic rings. The van der Waals surface area contributed by atoms with Gasteiger partial charge in [-0.25, -0.2) is 0 Å². The van der Waals surface area contributed by atoms with Gasteiger partial charge in [0.2, 0.25) is 0 Å². The van der Waals surface area contributed by atoms with Gasteiger partial charge in [0.1, 0.15) is 5.78 Å². The molecule has 0 radical (unpaired) electrons. The lowest BCUT2D eigenvalue weighted by Gasteiger charge is -2.15. The van der Waals surface area contributed by atoms with E-state index < -0.39 is 0 Å². The smallest absolute Gasteiger partial charge is 0.133 e. The molecule has 1 fully saturated rings. The summed E-state index contributed by atoms with van der Waals surface area (Å²) in [4.78, 5) is 11.5. The van der Waals surface area contributed by atoms with Gasteiger partial charge in [-0.1, -0.05) is 18.1 Å². The van der Waals surface area contributed by atoms with Gasteiger partial charge in [0.05, 0.1) is 0 Å². The lowest BCUT2D eigenvalue weighted by Crippen LogP contribution is -2.10. The molecule has 2 aliphatic carbocycles. The number of carbonyl (C=O) groups is 1. The predicted octanol–water partition coefficient (Wildman–Crippen LogP) is 3.10. The molecular weight excluding hydrogens is 160 g/mol. The standard InChI is InChI=1S/C12H18O/c1-8-3-5-10(13)7-12-9(2)4-6-11(8)12/h9,12H,3-7H2,1-2H3/t9-,12+/m0/s1. The highest BCUT2D eigenvalue weighted by molar-refractivity contribution is 5.80. The van der Waals surface area contributed by atoms with Crippen LogP contribution in [0.1, 0.15) is 46.0 Å². The lowest BCUT2D eigenvalue weighted by molar-refractivity contribution is -0.119.